The van der Waals surface area contributed by atoms with Gasteiger partial charge in [-0.15, -0.1) is 11.3 Å². The van der Waals surface area contributed by atoms with Crippen LogP contribution in [0, 0.1) is 20.8 Å². The topological polar surface area (TPSA) is 58.2 Å². The first-order valence-electron chi connectivity index (χ1n) is 6.63. The minimum absolute atomic E-state index is 0.145. The van der Waals surface area contributed by atoms with Gasteiger partial charge in [0, 0.05) is 23.2 Å². The Balaban J connectivity index is 2.26. The minimum atomic E-state index is -0.173. The number of rotatable bonds is 3. The van der Waals surface area contributed by atoms with Crippen LogP contribution in [0.1, 0.15) is 36.0 Å². The number of thiophene rings is 1. The first-order chi connectivity index (χ1) is 9.92. The third kappa shape index (κ3) is 3.31. The lowest BCUT2D eigenvalue weighted by molar-refractivity contribution is 0.0961. The molecule has 2 N–H and O–H groups in total. The molecule has 21 heavy (non-hydrogen) atoms. The Morgan fingerprint density at radius 1 is 1.00 bits per heavy atom. The molecule has 0 fully saturated rings. The van der Waals surface area contributed by atoms with Crippen LogP contribution < -0.4 is 10.6 Å². The highest BCUT2D eigenvalue weighted by atomic mass is 32.1. The van der Waals surface area contributed by atoms with Gasteiger partial charge in [0.1, 0.15) is 0 Å². The lowest BCUT2D eigenvalue weighted by Crippen LogP contribution is -2.18. The maximum absolute atomic E-state index is 12.3. The third-order valence-electron chi connectivity index (χ3n) is 3.36. The Bertz CT molecular complexity index is 685. The van der Waals surface area contributed by atoms with Gasteiger partial charge >= 0.3 is 0 Å². The zero-order chi connectivity index (χ0) is 15.6. The van der Waals surface area contributed by atoms with Crippen LogP contribution in [-0.4, -0.2) is 18.9 Å². The monoisotopic (exact) mass is 302 g/mol. The van der Waals surface area contributed by atoms with Crippen molar-refractivity contribution < 1.29 is 9.59 Å². The van der Waals surface area contributed by atoms with Crippen LogP contribution >= 0.6 is 11.3 Å². The van der Waals surface area contributed by atoms with Gasteiger partial charge in [-0.25, -0.2) is 0 Å². The summed E-state index contributed by atoms with van der Waals surface area (Å²) in [5.41, 5.74) is 3.21. The molecule has 0 aliphatic rings. The summed E-state index contributed by atoms with van der Waals surface area (Å²) in [5, 5.41) is 5.45. The Kier molecular flexibility index (Phi) is 4.43. The van der Waals surface area contributed by atoms with Gasteiger partial charge in [0.05, 0.1) is 4.88 Å². The third-order valence-corrected chi connectivity index (χ3v) is 4.52. The van der Waals surface area contributed by atoms with Gasteiger partial charge in [-0.2, -0.15) is 0 Å². The van der Waals surface area contributed by atoms with Crippen LogP contribution in [0.4, 0.5) is 5.69 Å². The van der Waals surface area contributed by atoms with Crippen LogP contribution in [0.2, 0.25) is 0 Å². The Morgan fingerprint density at radius 3 is 2.29 bits per heavy atom. The number of nitrogens with one attached hydrogen (secondary N) is 2. The second-order valence-corrected chi connectivity index (χ2v) is 6.17. The molecule has 5 heteroatoms. The first kappa shape index (κ1) is 15.3. The highest BCUT2D eigenvalue weighted by Gasteiger charge is 2.13. The fourth-order valence-corrected chi connectivity index (χ4v) is 2.84. The zero-order valence-electron chi connectivity index (χ0n) is 12.5. The quantitative estimate of drug-likeness (QED) is 0.914. The lowest BCUT2D eigenvalue weighted by atomic mass is 10.1. The molecule has 0 unspecified atom stereocenters. The SMILES string of the molecule is CNC(=O)c1ccc(C)c(NC(=O)c2cc(C)c(C)s2)c1. The second kappa shape index (κ2) is 6.10. The molecule has 0 aliphatic carbocycles. The van der Waals surface area contributed by atoms with Gasteiger partial charge in [0.2, 0.25) is 0 Å². The molecule has 0 saturated carbocycles. The zero-order valence-corrected chi connectivity index (χ0v) is 13.4. The molecule has 1 aromatic heterocycles. The first-order valence-corrected chi connectivity index (χ1v) is 7.45. The van der Waals surface area contributed by atoms with Crippen molar-refractivity contribution in [3.05, 3.63) is 50.7 Å². The molecule has 0 bridgehead atoms. The Hall–Kier alpha value is -2.14. The van der Waals surface area contributed by atoms with E-state index in [4.69, 9.17) is 0 Å². The van der Waals surface area contributed by atoms with Gasteiger partial charge in [0.15, 0.2) is 0 Å². The molecule has 2 rings (SSSR count). The maximum atomic E-state index is 12.3. The Labute approximate surface area is 128 Å². The average molecular weight is 302 g/mol. The van der Waals surface area contributed by atoms with E-state index < -0.39 is 0 Å². The summed E-state index contributed by atoms with van der Waals surface area (Å²) in [6.45, 7) is 5.88. The number of benzene rings is 1. The summed E-state index contributed by atoms with van der Waals surface area (Å²) < 4.78 is 0. The number of carbonyl (C=O) groups is 2. The molecule has 1 aromatic carbocycles. The molecule has 2 aromatic rings. The normalized spacial score (nSPS) is 10.3. The van der Waals surface area contributed by atoms with E-state index in [0.717, 1.165) is 16.0 Å². The van der Waals surface area contributed by atoms with Crippen molar-refractivity contribution in [2.75, 3.05) is 12.4 Å². The molecule has 4 nitrogen and oxygen atoms in total. The van der Waals surface area contributed by atoms with Gasteiger partial charge in [0.25, 0.3) is 11.8 Å². The van der Waals surface area contributed by atoms with Crippen LogP contribution in [0.5, 0.6) is 0 Å². The summed E-state index contributed by atoms with van der Waals surface area (Å²) in [6.07, 6.45) is 0. The Morgan fingerprint density at radius 2 is 1.71 bits per heavy atom. The summed E-state index contributed by atoms with van der Waals surface area (Å²) in [5.74, 6) is -0.318. The minimum Gasteiger partial charge on any atom is -0.355 e. The molecular weight excluding hydrogens is 284 g/mol. The molecule has 0 atom stereocenters. The molecule has 0 radical (unpaired) electrons. The fraction of sp³-hybridized carbons (Fsp3) is 0.250. The molecular formula is C16H18N2O2S. The number of anilines is 1. The van der Waals surface area contributed by atoms with Crippen LogP contribution in [-0.2, 0) is 0 Å². The van der Waals surface area contributed by atoms with Crippen LogP contribution in [0.25, 0.3) is 0 Å². The van der Waals surface area contributed by atoms with E-state index in [2.05, 4.69) is 10.6 Å². The number of hydrogen-bond acceptors (Lipinski definition) is 3. The smallest absolute Gasteiger partial charge is 0.265 e. The van der Waals surface area contributed by atoms with E-state index in [1.807, 2.05) is 32.9 Å². The number of hydrogen-bond donors (Lipinski definition) is 2. The average Bonchev–Trinajstić information content (AvgIpc) is 2.80. The maximum Gasteiger partial charge on any atom is 0.265 e. The van der Waals surface area contributed by atoms with Crippen molar-refractivity contribution in [2.24, 2.45) is 0 Å². The predicted molar refractivity (Wildman–Crippen MR) is 86.3 cm³/mol. The molecule has 110 valence electrons. The number of carbonyl (C=O) groups excluding carboxylic acids is 2. The van der Waals surface area contributed by atoms with Gasteiger partial charge < -0.3 is 10.6 Å². The molecule has 0 saturated heterocycles. The summed E-state index contributed by atoms with van der Waals surface area (Å²) in [7, 11) is 1.58. The number of aryl methyl sites for hydroxylation is 3. The van der Waals surface area contributed by atoms with E-state index in [1.54, 1.807) is 19.2 Å². The van der Waals surface area contributed by atoms with E-state index in [9.17, 15) is 9.59 Å². The van der Waals surface area contributed by atoms with Gasteiger partial charge in [-0.1, -0.05) is 6.07 Å². The highest BCUT2D eigenvalue weighted by Crippen LogP contribution is 2.23. The van der Waals surface area contributed by atoms with E-state index >= 15 is 0 Å². The van der Waals surface area contributed by atoms with Crippen molar-refractivity contribution in [2.45, 2.75) is 20.8 Å². The second-order valence-electron chi connectivity index (χ2n) is 4.91. The molecule has 1 heterocycles. The number of amides is 2. The van der Waals surface area contributed by atoms with E-state index in [0.29, 0.717) is 16.1 Å². The fourth-order valence-electron chi connectivity index (χ4n) is 1.91. The molecule has 0 spiro atoms. The molecule has 2 amide bonds. The summed E-state index contributed by atoms with van der Waals surface area (Å²) >= 11 is 1.47. The summed E-state index contributed by atoms with van der Waals surface area (Å²) in [6, 6.07) is 7.14. The highest BCUT2D eigenvalue weighted by molar-refractivity contribution is 7.14. The van der Waals surface area contributed by atoms with Crippen molar-refractivity contribution >= 4 is 28.8 Å². The lowest BCUT2D eigenvalue weighted by Gasteiger charge is -2.09. The van der Waals surface area contributed by atoms with E-state index in [-0.39, 0.29) is 11.8 Å². The largest absolute Gasteiger partial charge is 0.355 e. The van der Waals surface area contributed by atoms with Crippen LogP contribution in [0.15, 0.2) is 24.3 Å². The predicted octanol–water partition coefficient (Wildman–Crippen LogP) is 3.29. The van der Waals surface area contributed by atoms with Crippen molar-refractivity contribution in [1.29, 1.82) is 0 Å². The molecule has 0 aliphatic heterocycles. The van der Waals surface area contributed by atoms with Crippen molar-refractivity contribution in [3.63, 3.8) is 0 Å². The standard InChI is InChI=1S/C16H18N2O2S/c1-9-5-6-12(15(19)17-4)8-13(9)18-16(20)14-7-10(2)11(3)21-14/h5-8H,1-4H3,(H,17,19)(H,18,20). The van der Waals surface area contributed by atoms with Gasteiger partial charge in [-0.05, 0) is 50.1 Å². The van der Waals surface area contributed by atoms with E-state index in [1.165, 1.54) is 11.3 Å². The van der Waals surface area contributed by atoms with Crippen molar-refractivity contribution in [3.8, 4) is 0 Å². The van der Waals surface area contributed by atoms with Crippen molar-refractivity contribution in [1.82, 2.24) is 5.32 Å². The van der Waals surface area contributed by atoms with Gasteiger partial charge in [-0.3, -0.25) is 9.59 Å². The van der Waals surface area contributed by atoms with Crippen LogP contribution in [0.3, 0.4) is 0 Å². The summed E-state index contributed by atoms with van der Waals surface area (Å²) in [4.78, 5) is 25.8.